The van der Waals surface area contributed by atoms with Crippen molar-refractivity contribution in [1.29, 1.82) is 0 Å². The number of benzene rings is 1. The fourth-order valence-corrected chi connectivity index (χ4v) is 2.35. The summed E-state index contributed by atoms with van der Waals surface area (Å²) in [5.74, 6) is -0.135. The van der Waals surface area contributed by atoms with Crippen LogP contribution in [0.2, 0.25) is 0 Å². The SMILES string of the molecule is Cc1nc2c(C(=O)O)cccc2n1CCn1ccnc1. The number of nitrogens with zero attached hydrogens (tertiary/aromatic N) is 4. The first-order chi connectivity index (χ1) is 9.66. The molecule has 2 heterocycles. The number of aromatic carboxylic acids is 1. The van der Waals surface area contributed by atoms with Crippen LogP contribution in [-0.2, 0) is 13.1 Å². The lowest BCUT2D eigenvalue weighted by Gasteiger charge is -2.07. The summed E-state index contributed by atoms with van der Waals surface area (Å²) in [7, 11) is 0. The molecular formula is C14H14N4O2. The predicted octanol–water partition coefficient (Wildman–Crippen LogP) is 1.94. The van der Waals surface area contributed by atoms with E-state index in [2.05, 4.69) is 9.97 Å². The summed E-state index contributed by atoms with van der Waals surface area (Å²) < 4.78 is 4.01. The van der Waals surface area contributed by atoms with E-state index in [1.807, 2.05) is 28.3 Å². The van der Waals surface area contributed by atoms with Gasteiger partial charge in [-0.1, -0.05) is 6.07 Å². The highest BCUT2D eigenvalue weighted by Crippen LogP contribution is 2.20. The number of imidazole rings is 2. The van der Waals surface area contributed by atoms with Crippen molar-refractivity contribution in [3.8, 4) is 0 Å². The summed E-state index contributed by atoms with van der Waals surface area (Å²) in [6, 6.07) is 5.23. The number of hydrogen-bond donors (Lipinski definition) is 1. The molecule has 3 aromatic rings. The van der Waals surface area contributed by atoms with E-state index in [1.165, 1.54) is 0 Å². The van der Waals surface area contributed by atoms with Gasteiger partial charge in [0, 0.05) is 25.5 Å². The quantitative estimate of drug-likeness (QED) is 0.786. The molecule has 20 heavy (non-hydrogen) atoms. The lowest BCUT2D eigenvalue weighted by atomic mass is 10.2. The topological polar surface area (TPSA) is 72.9 Å². The van der Waals surface area contributed by atoms with Crippen LogP contribution in [0.5, 0.6) is 0 Å². The van der Waals surface area contributed by atoms with Crippen molar-refractivity contribution in [3.05, 3.63) is 48.3 Å². The van der Waals surface area contributed by atoms with Crippen LogP contribution >= 0.6 is 0 Å². The molecule has 0 atom stereocenters. The van der Waals surface area contributed by atoms with E-state index in [0.717, 1.165) is 24.4 Å². The molecule has 6 heteroatoms. The van der Waals surface area contributed by atoms with Crippen molar-refractivity contribution in [3.63, 3.8) is 0 Å². The molecule has 0 amide bonds. The highest BCUT2D eigenvalue weighted by atomic mass is 16.4. The molecule has 0 aliphatic carbocycles. The molecule has 0 radical (unpaired) electrons. The minimum absolute atomic E-state index is 0.243. The normalized spacial score (nSPS) is 11.1. The largest absolute Gasteiger partial charge is 0.478 e. The van der Waals surface area contributed by atoms with E-state index in [1.54, 1.807) is 24.7 Å². The van der Waals surface area contributed by atoms with Gasteiger partial charge in [0.1, 0.15) is 11.3 Å². The minimum Gasteiger partial charge on any atom is -0.478 e. The van der Waals surface area contributed by atoms with Gasteiger partial charge < -0.3 is 14.2 Å². The first-order valence-corrected chi connectivity index (χ1v) is 6.31. The summed E-state index contributed by atoms with van der Waals surface area (Å²) in [5, 5.41) is 9.20. The van der Waals surface area contributed by atoms with Gasteiger partial charge in [-0.05, 0) is 19.1 Å². The molecule has 6 nitrogen and oxygen atoms in total. The van der Waals surface area contributed by atoms with Gasteiger partial charge in [-0.2, -0.15) is 0 Å². The van der Waals surface area contributed by atoms with Gasteiger partial charge in [0.05, 0.1) is 17.4 Å². The van der Waals surface area contributed by atoms with Crippen LogP contribution in [0.1, 0.15) is 16.2 Å². The van der Waals surface area contributed by atoms with Crippen LogP contribution in [0.15, 0.2) is 36.9 Å². The van der Waals surface area contributed by atoms with Gasteiger partial charge in [-0.25, -0.2) is 14.8 Å². The molecule has 0 fully saturated rings. The molecule has 2 aromatic heterocycles. The van der Waals surface area contributed by atoms with E-state index in [-0.39, 0.29) is 5.56 Å². The number of fused-ring (bicyclic) bond motifs is 1. The summed E-state index contributed by atoms with van der Waals surface area (Å²) in [6.07, 6.45) is 5.40. The Morgan fingerprint density at radius 1 is 1.35 bits per heavy atom. The van der Waals surface area contributed by atoms with E-state index in [0.29, 0.717) is 5.52 Å². The third-order valence-electron chi connectivity index (χ3n) is 3.34. The van der Waals surface area contributed by atoms with Crippen molar-refractivity contribution >= 4 is 17.0 Å². The van der Waals surface area contributed by atoms with Crippen molar-refractivity contribution in [2.24, 2.45) is 0 Å². The second-order valence-electron chi connectivity index (χ2n) is 4.59. The Morgan fingerprint density at radius 2 is 2.20 bits per heavy atom. The lowest BCUT2D eigenvalue weighted by molar-refractivity contribution is 0.0699. The maximum Gasteiger partial charge on any atom is 0.337 e. The third kappa shape index (κ3) is 2.05. The molecule has 0 bridgehead atoms. The van der Waals surface area contributed by atoms with E-state index in [9.17, 15) is 9.90 Å². The molecule has 1 N–H and O–H groups in total. The standard InChI is InChI=1S/C14H14N4O2/c1-10-16-13-11(14(19)20)3-2-4-12(13)18(10)8-7-17-6-5-15-9-17/h2-6,9H,7-8H2,1H3,(H,19,20). The third-order valence-corrected chi connectivity index (χ3v) is 3.34. The van der Waals surface area contributed by atoms with Crippen LogP contribution in [0, 0.1) is 6.92 Å². The Bertz CT molecular complexity index is 759. The number of aromatic nitrogens is 4. The first-order valence-electron chi connectivity index (χ1n) is 6.31. The Hall–Kier alpha value is -2.63. The molecule has 0 spiro atoms. The Balaban J connectivity index is 2.00. The zero-order chi connectivity index (χ0) is 14.1. The van der Waals surface area contributed by atoms with Gasteiger partial charge in [-0.15, -0.1) is 0 Å². The second-order valence-corrected chi connectivity index (χ2v) is 4.59. The van der Waals surface area contributed by atoms with Crippen molar-refractivity contribution < 1.29 is 9.90 Å². The Kier molecular flexibility index (Phi) is 2.98. The summed E-state index contributed by atoms with van der Waals surface area (Å²) in [5.41, 5.74) is 1.64. The molecule has 0 saturated carbocycles. The van der Waals surface area contributed by atoms with E-state index in [4.69, 9.17) is 0 Å². The monoisotopic (exact) mass is 270 g/mol. The van der Waals surface area contributed by atoms with Gasteiger partial charge in [0.2, 0.25) is 0 Å². The molecular weight excluding hydrogens is 256 g/mol. The fraction of sp³-hybridized carbons (Fsp3) is 0.214. The molecule has 0 unspecified atom stereocenters. The molecule has 0 aliphatic rings. The lowest BCUT2D eigenvalue weighted by Crippen LogP contribution is -2.07. The number of carboxylic acid groups (broad SMARTS) is 1. The number of rotatable bonds is 4. The molecule has 1 aromatic carbocycles. The smallest absolute Gasteiger partial charge is 0.337 e. The summed E-state index contributed by atoms with van der Waals surface area (Å²) in [6.45, 7) is 3.38. The highest BCUT2D eigenvalue weighted by molar-refractivity contribution is 6.01. The van der Waals surface area contributed by atoms with Crippen molar-refractivity contribution in [2.75, 3.05) is 0 Å². The van der Waals surface area contributed by atoms with Crippen LogP contribution in [-0.4, -0.2) is 30.2 Å². The average molecular weight is 270 g/mol. The first kappa shape index (κ1) is 12.4. The zero-order valence-electron chi connectivity index (χ0n) is 11.0. The Morgan fingerprint density at radius 3 is 2.90 bits per heavy atom. The minimum atomic E-state index is -0.949. The van der Waals surface area contributed by atoms with Crippen molar-refractivity contribution in [1.82, 2.24) is 19.1 Å². The summed E-state index contributed by atoms with van der Waals surface area (Å²) in [4.78, 5) is 19.6. The second kappa shape index (κ2) is 4.80. The number of para-hydroxylation sites is 1. The highest BCUT2D eigenvalue weighted by Gasteiger charge is 2.14. The summed E-state index contributed by atoms with van der Waals surface area (Å²) >= 11 is 0. The predicted molar refractivity (Wildman–Crippen MR) is 73.7 cm³/mol. The van der Waals surface area contributed by atoms with Gasteiger partial charge in [-0.3, -0.25) is 0 Å². The Labute approximate surface area is 115 Å². The number of carboxylic acids is 1. The maximum absolute atomic E-state index is 11.2. The molecule has 3 rings (SSSR count). The number of carbonyl (C=O) groups is 1. The average Bonchev–Trinajstić information content (AvgIpc) is 3.02. The molecule has 0 saturated heterocycles. The van der Waals surface area contributed by atoms with Crippen LogP contribution in [0.3, 0.4) is 0 Å². The van der Waals surface area contributed by atoms with Crippen molar-refractivity contribution in [2.45, 2.75) is 20.0 Å². The van der Waals surface area contributed by atoms with Gasteiger partial charge in [0.15, 0.2) is 0 Å². The van der Waals surface area contributed by atoms with E-state index >= 15 is 0 Å². The number of aryl methyl sites for hydroxylation is 3. The molecule has 102 valence electrons. The van der Waals surface area contributed by atoms with E-state index < -0.39 is 5.97 Å². The fourth-order valence-electron chi connectivity index (χ4n) is 2.35. The molecule has 0 aliphatic heterocycles. The maximum atomic E-state index is 11.2. The van der Waals surface area contributed by atoms with Gasteiger partial charge in [0.25, 0.3) is 0 Å². The number of hydrogen-bond acceptors (Lipinski definition) is 3. The van der Waals surface area contributed by atoms with Crippen LogP contribution < -0.4 is 0 Å². The van der Waals surface area contributed by atoms with Crippen LogP contribution in [0.4, 0.5) is 0 Å². The van der Waals surface area contributed by atoms with Crippen LogP contribution in [0.25, 0.3) is 11.0 Å². The van der Waals surface area contributed by atoms with Gasteiger partial charge >= 0.3 is 5.97 Å². The zero-order valence-corrected chi connectivity index (χ0v) is 11.0.